The van der Waals surface area contributed by atoms with Gasteiger partial charge in [0.2, 0.25) is 0 Å². The number of hydrogen-bond donors (Lipinski definition) is 1. The van der Waals surface area contributed by atoms with Gasteiger partial charge in [0.25, 0.3) is 0 Å². The lowest BCUT2D eigenvalue weighted by molar-refractivity contribution is -0.255. The van der Waals surface area contributed by atoms with Crippen molar-refractivity contribution in [2.24, 2.45) is 0 Å². The SMILES string of the molecule is O=C(O)COC(=O)c1ccccc1C(=O)[O-]. The number of carboxylic acid groups (broad SMARTS) is 2. The third kappa shape index (κ3) is 2.81. The van der Waals surface area contributed by atoms with Crippen molar-refractivity contribution in [2.75, 3.05) is 6.61 Å². The number of aromatic carboxylic acids is 1. The number of ether oxygens (including phenoxy) is 1. The van der Waals surface area contributed by atoms with E-state index < -0.39 is 24.5 Å². The lowest BCUT2D eigenvalue weighted by Gasteiger charge is -2.08. The zero-order valence-corrected chi connectivity index (χ0v) is 8.00. The number of rotatable bonds is 4. The van der Waals surface area contributed by atoms with Crippen LogP contribution in [0.2, 0.25) is 0 Å². The molecule has 1 aromatic rings. The molecule has 0 saturated heterocycles. The molecule has 84 valence electrons. The molecule has 0 aliphatic heterocycles. The van der Waals surface area contributed by atoms with Gasteiger partial charge in [-0.1, -0.05) is 18.2 Å². The molecule has 0 aliphatic rings. The van der Waals surface area contributed by atoms with Gasteiger partial charge in [0.15, 0.2) is 6.61 Å². The second kappa shape index (κ2) is 4.92. The quantitative estimate of drug-likeness (QED) is 0.676. The summed E-state index contributed by atoms with van der Waals surface area (Å²) in [6.45, 7) is -0.819. The largest absolute Gasteiger partial charge is 0.545 e. The predicted molar refractivity (Wildman–Crippen MR) is 48.7 cm³/mol. The minimum absolute atomic E-state index is 0.233. The maximum Gasteiger partial charge on any atom is 0.341 e. The second-order valence-corrected chi connectivity index (χ2v) is 2.80. The molecule has 0 fully saturated rings. The van der Waals surface area contributed by atoms with Crippen LogP contribution in [0.5, 0.6) is 0 Å². The lowest BCUT2D eigenvalue weighted by atomic mass is 10.1. The number of esters is 1. The maximum absolute atomic E-state index is 11.3. The third-order valence-corrected chi connectivity index (χ3v) is 1.69. The van der Waals surface area contributed by atoms with Gasteiger partial charge in [-0.15, -0.1) is 0 Å². The Labute approximate surface area is 90.1 Å². The molecule has 0 unspecified atom stereocenters. The first-order chi connectivity index (χ1) is 7.52. The number of carbonyl (C=O) groups excluding carboxylic acids is 2. The van der Waals surface area contributed by atoms with Crippen molar-refractivity contribution in [2.45, 2.75) is 0 Å². The number of hydrogen-bond acceptors (Lipinski definition) is 5. The molecule has 0 spiro atoms. The van der Waals surface area contributed by atoms with Crippen LogP contribution in [0.3, 0.4) is 0 Å². The molecule has 0 bridgehead atoms. The molecule has 6 heteroatoms. The molecule has 1 N–H and O–H groups in total. The summed E-state index contributed by atoms with van der Waals surface area (Å²) in [5.74, 6) is -3.86. The third-order valence-electron chi connectivity index (χ3n) is 1.69. The Bertz CT molecular complexity index is 437. The smallest absolute Gasteiger partial charge is 0.341 e. The van der Waals surface area contributed by atoms with E-state index in [9.17, 15) is 19.5 Å². The monoisotopic (exact) mass is 223 g/mol. The molecular weight excluding hydrogens is 216 g/mol. The average Bonchev–Trinajstić information content (AvgIpc) is 2.25. The molecule has 16 heavy (non-hydrogen) atoms. The first kappa shape index (κ1) is 11.7. The van der Waals surface area contributed by atoms with Gasteiger partial charge in [0.1, 0.15) is 0 Å². The van der Waals surface area contributed by atoms with Crippen LogP contribution in [0, 0.1) is 0 Å². The van der Waals surface area contributed by atoms with Crippen molar-refractivity contribution >= 4 is 17.9 Å². The minimum atomic E-state index is -1.53. The first-order valence-electron chi connectivity index (χ1n) is 4.21. The summed E-state index contributed by atoms with van der Waals surface area (Å²) in [5.41, 5.74) is -0.568. The van der Waals surface area contributed by atoms with Gasteiger partial charge < -0.3 is 19.7 Å². The molecule has 0 aliphatic carbocycles. The van der Waals surface area contributed by atoms with E-state index in [1.54, 1.807) is 0 Å². The summed E-state index contributed by atoms with van der Waals surface area (Å²) in [5, 5.41) is 18.9. The standard InChI is InChI=1S/C10H8O6/c11-8(12)5-16-10(15)7-4-2-1-3-6(7)9(13)14/h1-4H,5H2,(H,11,12)(H,13,14)/p-1. The van der Waals surface area contributed by atoms with Crippen molar-refractivity contribution in [3.8, 4) is 0 Å². The van der Waals surface area contributed by atoms with Crippen molar-refractivity contribution in [3.63, 3.8) is 0 Å². The van der Waals surface area contributed by atoms with Gasteiger partial charge in [0.05, 0.1) is 11.5 Å². The zero-order chi connectivity index (χ0) is 12.1. The lowest BCUT2D eigenvalue weighted by Crippen LogP contribution is -2.25. The summed E-state index contributed by atoms with van der Waals surface area (Å²) in [4.78, 5) is 32.1. The molecule has 0 heterocycles. The van der Waals surface area contributed by atoms with E-state index in [-0.39, 0.29) is 11.1 Å². The molecule has 0 atom stereocenters. The maximum atomic E-state index is 11.3. The van der Waals surface area contributed by atoms with E-state index in [4.69, 9.17) is 5.11 Å². The fraction of sp³-hybridized carbons (Fsp3) is 0.100. The Morgan fingerprint density at radius 3 is 2.25 bits per heavy atom. The molecule has 0 radical (unpaired) electrons. The Morgan fingerprint density at radius 2 is 1.75 bits per heavy atom. The Morgan fingerprint density at radius 1 is 1.19 bits per heavy atom. The molecule has 0 amide bonds. The van der Waals surface area contributed by atoms with Crippen LogP contribution in [0.4, 0.5) is 0 Å². The number of benzene rings is 1. The van der Waals surface area contributed by atoms with Crippen molar-refractivity contribution in [1.29, 1.82) is 0 Å². The van der Waals surface area contributed by atoms with Crippen molar-refractivity contribution in [1.82, 2.24) is 0 Å². The van der Waals surface area contributed by atoms with Gasteiger partial charge >= 0.3 is 11.9 Å². The van der Waals surface area contributed by atoms with Gasteiger partial charge in [-0.25, -0.2) is 9.59 Å². The van der Waals surface area contributed by atoms with Crippen LogP contribution < -0.4 is 5.11 Å². The Hall–Kier alpha value is -2.37. The topological polar surface area (TPSA) is 104 Å². The molecular formula is C10H7O6-. The van der Waals surface area contributed by atoms with Gasteiger partial charge in [-0.3, -0.25) is 0 Å². The van der Waals surface area contributed by atoms with E-state index in [1.165, 1.54) is 24.3 Å². The van der Waals surface area contributed by atoms with Crippen LogP contribution in [-0.2, 0) is 9.53 Å². The van der Waals surface area contributed by atoms with Gasteiger partial charge in [-0.2, -0.15) is 0 Å². The average molecular weight is 223 g/mol. The fourth-order valence-electron chi connectivity index (χ4n) is 1.04. The highest BCUT2D eigenvalue weighted by molar-refractivity contribution is 6.02. The second-order valence-electron chi connectivity index (χ2n) is 2.80. The highest BCUT2D eigenvalue weighted by Crippen LogP contribution is 2.09. The number of aliphatic carboxylic acids is 1. The Balaban J connectivity index is 2.90. The van der Waals surface area contributed by atoms with E-state index in [0.29, 0.717) is 0 Å². The molecule has 0 aromatic heterocycles. The van der Waals surface area contributed by atoms with E-state index in [0.717, 1.165) is 0 Å². The fourth-order valence-corrected chi connectivity index (χ4v) is 1.04. The number of carboxylic acids is 2. The summed E-state index contributed by atoms with van der Waals surface area (Å²) in [7, 11) is 0. The first-order valence-corrected chi connectivity index (χ1v) is 4.21. The van der Waals surface area contributed by atoms with E-state index in [1.807, 2.05) is 0 Å². The Kier molecular flexibility index (Phi) is 3.60. The summed E-state index contributed by atoms with van der Waals surface area (Å²) in [6.07, 6.45) is 0. The van der Waals surface area contributed by atoms with Crippen LogP contribution >= 0.6 is 0 Å². The van der Waals surface area contributed by atoms with Crippen LogP contribution in [-0.4, -0.2) is 29.6 Å². The summed E-state index contributed by atoms with van der Waals surface area (Å²) >= 11 is 0. The summed E-state index contributed by atoms with van der Waals surface area (Å²) < 4.78 is 4.35. The van der Waals surface area contributed by atoms with Crippen LogP contribution in [0.25, 0.3) is 0 Å². The summed E-state index contributed by atoms with van der Waals surface area (Å²) in [6, 6.07) is 5.24. The predicted octanol–water partition coefficient (Wildman–Crippen LogP) is -0.708. The molecule has 0 saturated carbocycles. The van der Waals surface area contributed by atoms with Gasteiger partial charge in [0, 0.05) is 5.56 Å². The number of carbonyl (C=O) groups is 3. The van der Waals surface area contributed by atoms with Crippen LogP contribution in [0.1, 0.15) is 20.7 Å². The van der Waals surface area contributed by atoms with E-state index in [2.05, 4.69) is 4.74 Å². The minimum Gasteiger partial charge on any atom is -0.545 e. The van der Waals surface area contributed by atoms with Crippen LogP contribution in [0.15, 0.2) is 24.3 Å². The highest BCUT2D eigenvalue weighted by Gasteiger charge is 2.13. The molecule has 6 nitrogen and oxygen atoms in total. The van der Waals surface area contributed by atoms with E-state index >= 15 is 0 Å². The van der Waals surface area contributed by atoms with Crippen molar-refractivity contribution in [3.05, 3.63) is 35.4 Å². The highest BCUT2D eigenvalue weighted by atomic mass is 16.5. The van der Waals surface area contributed by atoms with Crippen molar-refractivity contribution < 1.29 is 29.3 Å². The normalized spacial score (nSPS) is 9.50. The molecule has 1 rings (SSSR count). The van der Waals surface area contributed by atoms with Gasteiger partial charge in [-0.05, 0) is 6.07 Å². The molecule has 1 aromatic carbocycles. The zero-order valence-electron chi connectivity index (χ0n) is 8.00.